The summed E-state index contributed by atoms with van der Waals surface area (Å²) in [6.45, 7) is 6.48. The SMILES string of the molecule is COc1c(Br)c(C(=O)NCC2(CN3CCOCC3)CCOCC2)nn1C. The van der Waals surface area contributed by atoms with Crippen LogP contribution in [0, 0.1) is 5.41 Å². The minimum Gasteiger partial charge on any atom is -0.480 e. The molecule has 9 heteroatoms. The number of aryl methyl sites for hydroxylation is 1. The van der Waals surface area contributed by atoms with Crippen molar-refractivity contribution in [2.24, 2.45) is 12.5 Å². The van der Waals surface area contributed by atoms with E-state index in [-0.39, 0.29) is 11.3 Å². The predicted octanol–water partition coefficient (Wildman–Crippen LogP) is 1.05. The summed E-state index contributed by atoms with van der Waals surface area (Å²) in [7, 11) is 3.31. The Morgan fingerprint density at radius 2 is 1.92 bits per heavy atom. The maximum Gasteiger partial charge on any atom is 0.273 e. The van der Waals surface area contributed by atoms with E-state index in [1.54, 1.807) is 18.8 Å². The average molecular weight is 431 g/mol. The first-order valence-electron chi connectivity index (χ1n) is 8.97. The molecule has 2 aliphatic heterocycles. The van der Waals surface area contributed by atoms with Gasteiger partial charge in [0.1, 0.15) is 4.47 Å². The van der Waals surface area contributed by atoms with E-state index >= 15 is 0 Å². The van der Waals surface area contributed by atoms with Gasteiger partial charge < -0.3 is 19.5 Å². The lowest BCUT2D eigenvalue weighted by Gasteiger charge is -2.42. The van der Waals surface area contributed by atoms with Gasteiger partial charge in [-0.15, -0.1) is 0 Å². The topological polar surface area (TPSA) is 77.8 Å². The molecule has 0 radical (unpaired) electrons. The van der Waals surface area contributed by atoms with Crippen molar-refractivity contribution in [1.82, 2.24) is 20.0 Å². The van der Waals surface area contributed by atoms with Gasteiger partial charge in [0.25, 0.3) is 5.91 Å². The van der Waals surface area contributed by atoms with E-state index in [1.165, 1.54) is 0 Å². The van der Waals surface area contributed by atoms with Crippen LogP contribution in [-0.2, 0) is 16.5 Å². The van der Waals surface area contributed by atoms with Crippen LogP contribution in [0.25, 0.3) is 0 Å². The van der Waals surface area contributed by atoms with Gasteiger partial charge in [-0.1, -0.05) is 0 Å². The largest absolute Gasteiger partial charge is 0.480 e. The van der Waals surface area contributed by atoms with Gasteiger partial charge in [-0.3, -0.25) is 9.69 Å². The Morgan fingerprint density at radius 3 is 2.54 bits per heavy atom. The summed E-state index contributed by atoms with van der Waals surface area (Å²) in [5, 5.41) is 7.35. The van der Waals surface area contributed by atoms with E-state index in [1.807, 2.05) is 0 Å². The van der Waals surface area contributed by atoms with Crippen molar-refractivity contribution in [2.75, 3.05) is 59.7 Å². The molecule has 2 aliphatic rings. The number of hydrogen-bond acceptors (Lipinski definition) is 6. The predicted molar refractivity (Wildman–Crippen MR) is 99.5 cm³/mol. The first-order valence-corrected chi connectivity index (χ1v) is 9.76. The molecule has 0 atom stereocenters. The second-order valence-electron chi connectivity index (χ2n) is 6.98. The Bertz CT molecular complexity index is 625. The molecule has 0 aromatic carbocycles. The first-order chi connectivity index (χ1) is 12.5. The Labute approximate surface area is 162 Å². The van der Waals surface area contributed by atoms with Gasteiger partial charge >= 0.3 is 0 Å². The van der Waals surface area contributed by atoms with E-state index < -0.39 is 0 Å². The molecule has 0 unspecified atom stereocenters. The molecular weight excluding hydrogens is 404 g/mol. The Kier molecular flexibility index (Phi) is 6.55. The number of morpholine rings is 1. The summed E-state index contributed by atoms with van der Waals surface area (Å²) in [6, 6.07) is 0. The molecule has 8 nitrogen and oxygen atoms in total. The molecule has 0 spiro atoms. The van der Waals surface area contributed by atoms with Gasteiger partial charge in [0.15, 0.2) is 5.69 Å². The lowest BCUT2D eigenvalue weighted by atomic mass is 9.79. The van der Waals surface area contributed by atoms with E-state index in [4.69, 9.17) is 14.2 Å². The van der Waals surface area contributed by atoms with Crippen LogP contribution in [0.1, 0.15) is 23.3 Å². The highest BCUT2D eigenvalue weighted by molar-refractivity contribution is 9.10. The molecule has 1 amide bonds. The highest BCUT2D eigenvalue weighted by atomic mass is 79.9. The summed E-state index contributed by atoms with van der Waals surface area (Å²) < 4.78 is 18.4. The number of nitrogens with one attached hydrogen (secondary N) is 1. The number of aromatic nitrogens is 2. The minimum absolute atomic E-state index is 0.0244. The number of amides is 1. The molecule has 0 aliphatic carbocycles. The van der Waals surface area contributed by atoms with Crippen LogP contribution in [0.5, 0.6) is 5.88 Å². The third-order valence-electron chi connectivity index (χ3n) is 5.19. The molecule has 26 heavy (non-hydrogen) atoms. The van der Waals surface area contributed by atoms with Crippen LogP contribution >= 0.6 is 15.9 Å². The zero-order chi connectivity index (χ0) is 18.6. The summed E-state index contributed by atoms with van der Waals surface area (Å²) in [4.78, 5) is 15.1. The highest BCUT2D eigenvalue weighted by Crippen LogP contribution is 2.32. The lowest BCUT2D eigenvalue weighted by molar-refractivity contribution is -0.0283. The molecule has 2 saturated heterocycles. The minimum atomic E-state index is -0.191. The maximum atomic E-state index is 12.7. The van der Waals surface area contributed by atoms with Crippen LogP contribution in [0.2, 0.25) is 0 Å². The smallest absolute Gasteiger partial charge is 0.273 e. The van der Waals surface area contributed by atoms with Crippen molar-refractivity contribution in [2.45, 2.75) is 12.8 Å². The fourth-order valence-electron chi connectivity index (χ4n) is 3.63. The van der Waals surface area contributed by atoms with Gasteiger partial charge in [-0.2, -0.15) is 5.10 Å². The molecule has 1 aromatic rings. The van der Waals surface area contributed by atoms with Crippen LogP contribution in [0.4, 0.5) is 0 Å². The fourth-order valence-corrected chi connectivity index (χ4v) is 4.31. The molecule has 0 saturated carbocycles. The van der Waals surface area contributed by atoms with E-state index in [0.29, 0.717) is 22.6 Å². The van der Waals surface area contributed by atoms with Gasteiger partial charge in [0, 0.05) is 51.9 Å². The Hall–Kier alpha value is -1.16. The number of ether oxygens (including phenoxy) is 3. The van der Waals surface area contributed by atoms with Crippen molar-refractivity contribution in [3.8, 4) is 5.88 Å². The lowest BCUT2D eigenvalue weighted by Crippen LogP contribution is -2.50. The average Bonchev–Trinajstić information content (AvgIpc) is 2.95. The summed E-state index contributed by atoms with van der Waals surface area (Å²) in [5.41, 5.74) is 0.370. The quantitative estimate of drug-likeness (QED) is 0.726. The van der Waals surface area contributed by atoms with Gasteiger partial charge in [-0.05, 0) is 28.8 Å². The first kappa shape index (κ1) is 19.6. The standard InChI is InChI=1S/C17H27BrN4O4/c1-21-16(24-2)13(18)14(20-21)15(23)19-11-17(3-7-25-8-4-17)12-22-5-9-26-10-6-22/h3-12H2,1-2H3,(H,19,23). The van der Waals surface area contributed by atoms with Crippen molar-refractivity contribution in [3.63, 3.8) is 0 Å². The van der Waals surface area contributed by atoms with Gasteiger partial charge in [0.05, 0.1) is 20.3 Å². The van der Waals surface area contributed by atoms with E-state index in [2.05, 4.69) is 31.2 Å². The number of rotatable bonds is 6. The van der Waals surface area contributed by atoms with E-state index in [9.17, 15) is 4.79 Å². The number of halogens is 1. The Balaban J connectivity index is 1.66. The normalized spacial score (nSPS) is 20.7. The number of nitrogens with zero attached hydrogens (tertiary/aromatic N) is 3. The Morgan fingerprint density at radius 1 is 1.27 bits per heavy atom. The molecule has 1 aromatic heterocycles. The summed E-state index contributed by atoms with van der Waals surface area (Å²) in [5.74, 6) is 0.341. The monoisotopic (exact) mass is 430 g/mol. The zero-order valence-electron chi connectivity index (χ0n) is 15.4. The molecule has 0 bridgehead atoms. The van der Waals surface area contributed by atoms with Crippen molar-refractivity contribution < 1.29 is 19.0 Å². The van der Waals surface area contributed by atoms with Crippen molar-refractivity contribution in [3.05, 3.63) is 10.2 Å². The number of carbonyl (C=O) groups is 1. The third kappa shape index (κ3) is 4.39. The molecule has 2 fully saturated rings. The van der Waals surface area contributed by atoms with Crippen LogP contribution in [0.3, 0.4) is 0 Å². The highest BCUT2D eigenvalue weighted by Gasteiger charge is 2.36. The summed E-state index contributed by atoms with van der Waals surface area (Å²) in [6.07, 6.45) is 1.88. The molecule has 3 rings (SSSR count). The fraction of sp³-hybridized carbons (Fsp3) is 0.765. The summed E-state index contributed by atoms with van der Waals surface area (Å²) >= 11 is 3.41. The van der Waals surface area contributed by atoms with Gasteiger partial charge in [0.2, 0.25) is 5.88 Å². The molecule has 3 heterocycles. The van der Waals surface area contributed by atoms with Gasteiger partial charge in [-0.25, -0.2) is 4.68 Å². The zero-order valence-corrected chi connectivity index (χ0v) is 17.0. The van der Waals surface area contributed by atoms with E-state index in [0.717, 1.165) is 58.9 Å². The van der Waals surface area contributed by atoms with Crippen molar-refractivity contribution in [1.29, 1.82) is 0 Å². The number of hydrogen-bond donors (Lipinski definition) is 1. The second kappa shape index (κ2) is 8.69. The maximum absolute atomic E-state index is 12.7. The number of methoxy groups -OCH3 is 1. The molecular formula is C17H27BrN4O4. The second-order valence-corrected chi connectivity index (χ2v) is 7.77. The number of carbonyl (C=O) groups excluding carboxylic acids is 1. The molecule has 146 valence electrons. The van der Waals surface area contributed by atoms with Crippen LogP contribution in [-0.4, -0.2) is 80.3 Å². The van der Waals surface area contributed by atoms with Crippen molar-refractivity contribution >= 4 is 21.8 Å². The molecule has 1 N–H and O–H groups in total. The van der Waals surface area contributed by atoms with Crippen LogP contribution < -0.4 is 10.1 Å². The van der Waals surface area contributed by atoms with Crippen LogP contribution in [0.15, 0.2) is 4.47 Å². The third-order valence-corrected chi connectivity index (χ3v) is 5.90.